The smallest absolute Gasteiger partial charge is 0.313 e. The number of aliphatic carboxylic acids is 1. The van der Waals surface area contributed by atoms with E-state index in [1.54, 1.807) is 50.4 Å². The number of likely N-dealkylation sites (tertiary alicyclic amines) is 1. The van der Waals surface area contributed by atoms with E-state index < -0.39 is 180 Å². The molecule has 2 rings (SSSR count). The van der Waals surface area contributed by atoms with Crippen LogP contribution in [0.3, 0.4) is 0 Å². The van der Waals surface area contributed by atoms with Crippen LogP contribution in [0.2, 0.25) is 0 Å². The molecule has 12 amide bonds. The Labute approximate surface area is 512 Å². The molecule has 1 aromatic carbocycles. The van der Waals surface area contributed by atoms with E-state index in [1.165, 1.54) is 23.6 Å². The van der Waals surface area contributed by atoms with Crippen LogP contribution in [0, 0.1) is 5.92 Å². The zero-order valence-electron chi connectivity index (χ0n) is 49.5. The molecule has 0 bridgehead atoms. The second kappa shape index (κ2) is 38.4. The van der Waals surface area contributed by atoms with Crippen LogP contribution in [0.5, 0.6) is 0 Å². The van der Waals surface area contributed by atoms with Gasteiger partial charge >= 0.3 is 5.97 Å². The van der Waals surface area contributed by atoms with Crippen LogP contribution in [0.1, 0.15) is 85.1 Å². The van der Waals surface area contributed by atoms with Gasteiger partial charge < -0.3 is 96.7 Å². The third kappa shape index (κ3) is 26.8. The lowest BCUT2D eigenvalue weighted by atomic mass is 9.98. The summed E-state index contributed by atoms with van der Waals surface area (Å²) in [5, 5.41) is 52.4. The van der Waals surface area contributed by atoms with E-state index in [9.17, 15) is 77.6 Å². The first-order chi connectivity index (χ1) is 40.9. The van der Waals surface area contributed by atoms with E-state index in [-0.39, 0.29) is 51.2 Å². The number of amides is 12. The van der Waals surface area contributed by atoms with Crippen molar-refractivity contribution in [2.75, 3.05) is 43.1 Å². The lowest BCUT2D eigenvalue weighted by Crippen LogP contribution is -2.63. The Morgan fingerprint density at radius 3 is 1.76 bits per heavy atom. The van der Waals surface area contributed by atoms with Gasteiger partial charge in [0.2, 0.25) is 70.9 Å². The van der Waals surface area contributed by atoms with Gasteiger partial charge in [0.25, 0.3) is 0 Å². The zero-order chi connectivity index (χ0) is 65.7. The predicted octanol–water partition coefficient (Wildman–Crippen LogP) is -6.65. The summed E-state index contributed by atoms with van der Waals surface area (Å²) in [4.78, 5) is 178. The minimum absolute atomic E-state index is 0.0187. The number of guanidine groups is 1. The topological polar surface area (TPSA) is 537 Å². The van der Waals surface area contributed by atoms with E-state index in [2.05, 4.69) is 52.8 Å². The molecular weight excluding hydrogens is 1180 g/mol. The van der Waals surface area contributed by atoms with Crippen LogP contribution in [0.15, 0.2) is 35.3 Å². The van der Waals surface area contributed by atoms with Gasteiger partial charge in [0.1, 0.15) is 54.4 Å². The third-order valence-corrected chi connectivity index (χ3v) is 15.2. The molecule has 0 aliphatic carbocycles. The summed E-state index contributed by atoms with van der Waals surface area (Å²) in [6.07, 6.45) is -1.24. The molecule has 13 unspecified atom stereocenters. The Kier molecular flexibility index (Phi) is 33.2. The Bertz CT molecular complexity index is 2580. The second-order valence-electron chi connectivity index (χ2n) is 20.8. The average Bonchev–Trinajstić information content (AvgIpc) is 3.24. The number of hydrogen-bond donors (Lipinski definition) is 17. The summed E-state index contributed by atoms with van der Waals surface area (Å²) < 4.78 is 0. The van der Waals surface area contributed by atoms with Crippen molar-refractivity contribution in [2.45, 2.75) is 159 Å². The number of carbonyl (C=O) groups excluding carboxylic acids is 12. The van der Waals surface area contributed by atoms with Crippen molar-refractivity contribution in [3.8, 4) is 0 Å². The van der Waals surface area contributed by atoms with Crippen LogP contribution in [0.25, 0.3) is 0 Å². The highest BCUT2D eigenvalue weighted by atomic mass is 32.2. The van der Waals surface area contributed by atoms with Gasteiger partial charge in [0.15, 0.2) is 5.96 Å². The quantitative estimate of drug-likeness (QED) is 0.0166. The van der Waals surface area contributed by atoms with Crippen molar-refractivity contribution < 1.29 is 77.6 Å². The van der Waals surface area contributed by atoms with Crippen molar-refractivity contribution in [2.24, 2.45) is 39.6 Å². The lowest BCUT2D eigenvalue weighted by molar-refractivity contribution is -0.140. The van der Waals surface area contributed by atoms with Gasteiger partial charge in [-0.3, -0.25) is 67.3 Å². The van der Waals surface area contributed by atoms with Gasteiger partial charge in [0.05, 0.1) is 37.0 Å². The summed E-state index contributed by atoms with van der Waals surface area (Å²) in [6, 6.07) is -5.54. The molecule has 1 heterocycles. The number of carboxylic acids is 1. The highest BCUT2D eigenvalue weighted by Crippen LogP contribution is 2.19. The number of primary amides is 2. The van der Waals surface area contributed by atoms with Crippen molar-refractivity contribution in [1.82, 2.24) is 52.8 Å². The molecule has 0 spiro atoms. The summed E-state index contributed by atoms with van der Waals surface area (Å²) in [6.45, 7) is 6.46. The first kappa shape index (κ1) is 75.3. The normalized spacial score (nSPS) is 16.9. The maximum absolute atomic E-state index is 14.3. The van der Waals surface area contributed by atoms with Crippen LogP contribution in [0.4, 0.5) is 0 Å². The fourth-order valence-electron chi connectivity index (χ4n) is 8.63. The SMILES string of the molecule is CCC(C)C(NC(=O)CNC(=O)C(CCSC)NC(=O)C(CCCN=C(N)N)NC(=O)C(Cc1ccccc1)NC(=O)C1CCCN1C(=O)C(C)N)C(=O)NC(CSCC(=O)O)C(=O)NC(C(=O)NC(C(=O)NC(CC(N)=O)C(N)=O)C(C)O)C(C)O. The molecule has 0 radical (unpaired) electrons. The van der Waals surface area contributed by atoms with Crippen molar-refractivity contribution >= 4 is 106 Å². The number of carbonyl (C=O) groups is 13. The average molecular weight is 1270 g/mol. The van der Waals surface area contributed by atoms with Crippen LogP contribution >= 0.6 is 23.5 Å². The number of aliphatic imine (C=N–C) groups is 1. The van der Waals surface area contributed by atoms with Crippen molar-refractivity contribution in [3.05, 3.63) is 35.9 Å². The number of aliphatic hydroxyl groups excluding tert-OH is 2. The summed E-state index contributed by atoms with van der Waals surface area (Å²) in [5.41, 5.74) is 27.9. The Hall–Kier alpha value is -7.82. The van der Waals surface area contributed by atoms with E-state index in [0.29, 0.717) is 35.9 Å². The molecule has 486 valence electrons. The summed E-state index contributed by atoms with van der Waals surface area (Å²) in [5.74, 6) is -14.1. The van der Waals surface area contributed by atoms with Crippen molar-refractivity contribution in [3.63, 3.8) is 0 Å². The molecule has 34 heteroatoms. The lowest BCUT2D eigenvalue weighted by Gasteiger charge is -2.29. The maximum atomic E-state index is 14.3. The van der Waals surface area contributed by atoms with Gasteiger partial charge in [-0.05, 0) is 76.4 Å². The van der Waals surface area contributed by atoms with Crippen LogP contribution in [-0.2, 0) is 68.7 Å². The van der Waals surface area contributed by atoms with E-state index in [1.807, 2.05) is 0 Å². The highest BCUT2D eigenvalue weighted by Gasteiger charge is 2.39. The van der Waals surface area contributed by atoms with E-state index in [0.717, 1.165) is 13.8 Å². The molecule has 1 aliphatic heterocycles. The zero-order valence-corrected chi connectivity index (χ0v) is 51.2. The van der Waals surface area contributed by atoms with Gasteiger partial charge in [-0.1, -0.05) is 50.6 Å². The standard InChI is InChI=1S/C53H86N16O16S2/c1-7-26(2)40(49(82)65-35(24-87-25-39(74)75)47(80)67-42(29(5)71)51(84)68-41(28(4)70)50(83)63-33(43(56)76)22-37(55)72)66-38(73)23-60-44(77)32(17-20-86-6)62-45(78)31(15-11-18-59-53(57)58)61-46(79)34(21-30-13-9-8-10-14-30)64-48(81)36-16-12-19-69(36)52(85)27(3)54/h8-10,13-14,26-29,31-36,40-42,70-71H,7,11-12,15-25,54H2,1-6H3,(H2,55,72)(H2,56,76)(H,60,77)(H,61,79)(H,62,78)(H,63,83)(H,64,81)(H,65,82)(H,66,73)(H,67,80)(H,68,84)(H,74,75)(H4,57,58,59). The number of hydrogen-bond acceptors (Lipinski definition) is 19. The van der Waals surface area contributed by atoms with Crippen LogP contribution in [-0.4, -0.2) is 219 Å². The van der Waals surface area contributed by atoms with E-state index >= 15 is 0 Å². The monoisotopic (exact) mass is 1270 g/mol. The first-order valence-electron chi connectivity index (χ1n) is 28.0. The summed E-state index contributed by atoms with van der Waals surface area (Å²) in [7, 11) is 0. The number of carboxylic acid groups (broad SMARTS) is 1. The highest BCUT2D eigenvalue weighted by molar-refractivity contribution is 8.00. The number of nitrogens with two attached hydrogens (primary N) is 5. The first-order valence-corrected chi connectivity index (χ1v) is 30.5. The Balaban J connectivity index is 2.37. The number of benzene rings is 1. The third-order valence-electron chi connectivity index (χ3n) is 13.5. The largest absolute Gasteiger partial charge is 0.481 e. The molecule has 1 saturated heterocycles. The molecule has 0 saturated carbocycles. The maximum Gasteiger partial charge on any atom is 0.313 e. The second-order valence-corrected chi connectivity index (χ2v) is 22.8. The van der Waals surface area contributed by atoms with Gasteiger partial charge in [-0.25, -0.2) is 0 Å². The molecule has 22 N–H and O–H groups in total. The molecule has 1 aromatic rings. The molecule has 87 heavy (non-hydrogen) atoms. The van der Waals surface area contributed by atoms with Crippen molar-refractivity contribution in [1.29, 1.82) is 0 Å². The minimum Gasteiger partial charge on any atom is -0.481 e. The predicted molar refractivity (Wildman–Crippen MR) is 321 cm³/mol. The molecule has 0 aromatic heterocycles. The van der Waals surface area contributed by atoms with Gasteiger partial charge in [-0.15, -0.1) is 11.8 Å². The Morgan fingerprint density at radius 2 is 1.22 bits per heavy atom. The van der Waals surface area contributed by atoms with Gasteiger partial charge in [-0.2, -0.15) is 11.8 Å². The number of thioether (sulfide) groups is 2. The number of nitrogens with zero attached hydrogens (tertiary/aromatic N) is 2. The molecule has 32 nitrogen and oxygen atoms in total. The molecule has 1 aliphatic rings. The minimum atomic E-state index is -1.92. The number of rotatable bonds is 39. The Morgan fingerprint density at radius 1 is 0.678 bits per heavy atom. The van der Waals surface area contributed by atoms with Gasteiger partial charge in [0, 0.05) is 25.3 Å². The summed E-state index contributed by atoms with van der Waals surface area (Å²) >= 11 is 2.00. The fourth-order valence-corrected chi connectivity index (χ4v) is 9.87. The van der Waals surface area contributed by atoms with E-state index in [4.69, 9.17) is 28.7 Å². The number of nitrogens with one attached hydrogen (secondary N) is 9. The molecule has 13 atom stereocenters. The number of aliphatic hydroxyl groups is 2. The molecular formula is C53H86N16O16S2. The van der Waals surface area contributed by atoms with Crippen LogP contribution < -0.4 is 76.5 Å². The molecule has 1 fully saturated rings. The fraction of sp³-hybridized carbons (Fsp3) is 0.623.